The summed E-state index contributed by atoms with van der Waals surface area (Å²) < 4.78 is 3.29. The lowest BCUT2D eigenvalue weighted by atomic mass is 10.0. The van der Waals surface area contributed by atoms with Crippen molar-refractivity contribution in [1.82, 2.24) is 0 Å². The third-order valence-electron chi connectivity index (χ3n) is 2.66. The molecule has 94 valence electrons. The van der Waals surface area contributed by atoms with Crippen LogP contribution in [0.15, 0.2) is 49.8 Å². The van der Waals surface area contributed by atoms with Crippen LogP contribution in [0.3, 0.4) is 0 Å². The number of benzene rings is 2. The molecule has 0 saturated heterocycles. The molecular weight excluding hydrogens is 488 g/mol. The van der Waals surface area contributed by atoms with Crippen molar-refractivity contribution in [3.8, 4) is 0 Å². The molecule has 0 fully saturated rings. The smallest absolute Gasteiger partial charge is 0.0667 e. The van der Waals surface area contributed by atoms with Crippen LogP contribution < -0.4 is 0 Å². The topological polar surface area (TPSA) is 0 Å². The maximum Gasteiger partial charge on any atom is 0.0667 e. The van der Waals surface area contributed by atoms with E-state index in [9.17, 15) is 0 Å². The molecule has 0 saturated carbocycles. The fourth-order valence-corrected chi connectivity index (χ4v) is 4.44. The van der Waals surface area contributed by atoms with Gasteiger partial charge in [-0.3, -0.25) is 0 Å². The second kappa shape index (κ2) is 6.21. The van der Waals surface area contributed by atoms with Gasteiger partial charge in [-0.2, -0.15) is 0 Å². The zero-order valence-electron chi connectivity index (χ0n) is 9.55. The Morgan fingerprint density at radius 2 is 1.39 bits per heavy atom. The number of rotatable bonds is 2. The molecule has 0 radical (unpaired) electrons. The van der Waals surface area contributed by atoms with Gasteiger partial charge in [0.15, 0.2) is 0 Å². The van der Waals surface area contributed by atoms with Crippen molar-refractivity contribution in [2.24, 2.45) is 0 Å². The Hall–Kier alpha value is 0.360. The second-order valence-corrected chi connectivity index (χ2v) is 7.59. The van der Waals surface area contributed by atoms with Crippen LogP contribution in [-0.2, 0) is 0 Å². The van der Waals surface area contributed by atoms with E-state index < -0.39 is 0 Å². The monoisotopic (exact) mass is 494 g/mol. The van der Waals surface area contributed by atoms with E-state index in [1.54, 1.807) is 0 Å². The summed E-state index contributed by atoms with van der Waals surface area (Å²) >= 11 is 14.5. The van der Waals surface area contributed by atoms with E-state index in [0.29, 0.717) is 0 Å². The van der Waals surface area contributed by atoms with E-state index in [1.807, 2.05) is 6.07 Å². The Kier molecular flexibility index (Phi) is 5.09. The predicted octanol–water partition coefficient (Wildman–Crippen LogP) is 6.77. The van der Waals surface area contributed by atoms with Gasteiger partial charge in [-0.05, 0) is 42.3 Å². The normalized spacial score (nSPS) is 12.5. The summed E-state index contributed by atoms with van der Waals surface area (Å²) in [6.07, 6.45) is 0. The molecule has 0 N–H and O–H groups in total. The van der Waals surface area contributed by atoms with E-state index in [2.05, 4.69) is 101 Å². The summed E-state index contributed by atoms with van der Waals surface area (Å²) in [5.41, 5.74) is 3.69. The highest BCUT2D eigenvalue weighted by Gasteiger charge is 2.16. The zero-order chi connectivity index (χ0) is 13.3. The molecule has 0 heterocycles. The van der Waals surface area contributed by atoms with Gasteiger partial charge in [-0.15, -0.1) is 0 Å². The van der Waals surface area contributed by atoms with Gasteiger partial charge in [0.2, 0.25) is 0 Å². The van der Waals surface area contributed by atoms with Crippen LogP contribution in [0.4, 0.5) is 0 Å². The van der Waals surface area contributed by atoms with Crippen molar-refractivity contribution in [1.29, 1.82) is 0 Å². The second-order valence-electron chi connectivity index (χ2n) is 4.05. The van der Waals surface area contributed by atoms with Crippen LogP contribution in [0, 0.1) is 6.92 Å². The molecule has 1 unspecified atom stereocenters. The average molecular weight is 498 g/mol. The maximum atomic E-state index is 3.78. The molecule has 1 atom stereocenters. The van der Waals surface area contributed by atoms with Crippen LogP contribution in [0.25, 0.3) is 0 Å². The maximum absolute atomic E-state index is 3.78. The van der Waals surface area contributed by atoms with Gasteiger partial charge in [0.1, 0.15) is 0 Å². The first kappa shape index (κ1) is 14.8. The van der Waals surface area contributed by atoms with E-state index in [0.717, 1.165) is 13.4 Å². The van der Waals surface area contributed by atoms with Crippen LogP contribution >= 0.6 is 63.7 Å². The first-order valence-electron chi connectivity index (χ1n) is 5.34. The van der Waals surface area contributed by atoms with Gasteiger partial charge in [-0.1, -0.05) is 81.4 Å². The van der Waals surface area contributed by atoms with Gasteiger partial charge < -0.3 is 0 Å². The van der Waals surface area contributed by atoms with E-state index in [4.69, 9.17) is 0 Å². The van der Waals surface area contributed by atoms with Crippen LogP contribution in [0.2, 0.25) is 0 Å². The minimum atomic E-state index is 0.152. The largest absolute Gasteiger partial charge is 0.0786 e. The Morgan fingerprint density at radius 3 is 2.06 bits per heavy atom. The van der Waals surface area contributed by atoms with Crippen molar-refractivity contribution in [2.45, 2.75) is 11.8 Å². The number of halogens is 4. The Bertz CT molecular complexity index is 527. The molecule has 0 nitrogen and oxygen atoms in total. The lowest BCUT2D eigenvalue weighted by Gasteiger charge is -2.15. The summed E-state index contributed by atoms with van der Waals surface area (Å²) in [6, 6.07) is 12.6. The number of hydrogen-bond donors (Lipinski definition) is 0. The summed E-state index contributed by atoms with van der Waals surface area (Å²) in [4.78, 5) is 0.152. The van der Waals surface area contributed by atoms with Gasteiger partial charge in [-0.25, -0.2) is 0 Å². The number of hydrogen-bond acceptors (Lipinski definition) is 0. The van der Waals surface area contributed by atoms with Crippen molar-refractivity contribution >= 4 is 63.7 Å². The third-order valence-corrected chi connectivity index (χ3v) is 5.58. The Morgan fingerprint density at radius 1 is 0.833 bits per heavy atom. The summed E-state index contributed by atoms with van der Waals surface area (Å²) in [5, 5.41) is 0. The number of aryl methyl sites for hydroxylation is 1. The molecule has 2 rings (SSSR count). The first-order valence-corrected chi connectivity index (χ1v) is 8.63. The molecule has 2 aromatic rings. The third kappa shape index (κ3) is 3.27. The fourth-order valence-electron chi connectivity index (χ4n) is 1.73. The molecule has 0 bridgehead atoms. The average Bonchev–Trinajstić information content (AvgIpc) is 2.34. The Balaban J connectivity index is 2.50. The number of alkyl halides is 1. The van der Waals surface area contributed by atoms with E-state index in [-0.39, 0.29) is 4.83 Å². The van der Waals surface area contributed by atoms with E-state index >= 15 is 0 Å². The van der Waals surface area contributed by atoms with Crippen LogP contribution in [0.5, 0.6) is 0 Å². The van der Waals surface area contributed by atoms with Crippen LogP contribution in [0.1, 0.15) is 21.5 Å². The molecule has 0 aromatic heterocycles. The highest BCUT2D eigenvalue weighted by atomic mass is 79.9. The molecular formula is C14H10Br4. The van der Waals surface area contributed by atoms with Crippen molar-refractivity contribution in [3.05, 3.63) is 66.5 Å². The molecule has 0 spiro atoms. The van der Waals surface area contributed by atoms with Gasteiger partial charge >= 0.3 is 0 Å². The summed E-state index contributed by atoms with van der Waals surface area (Å²) in [7, 11) is 0. The van der Waals surface area contributed by atoms with Gasteiger partial charge in [0, 0.05) is 13.4 Å². The molecule has 0 amide bonds. The molecule has 0 aliphatic rings. The highest BCUT2D eigenvalue weighted by Crippen LogP contribution is 2.40. The van der Waals surface area contributed by atoms with Crippen molar-refractivity contribution in [3.63, 3.8) is 0 Å². The lowest BCUT2D eigenvalue weighted by Crippen LogP contribution is -1.96. The Labute approximate surface area is 141 Å². The molecule has 4 heteroatoms. The zero-order valence-corrected chi connectivity index (χ0v) is 15.9. The minimum Gasteiger partial charge on any atom is -0.0786 e. The van der Waals surface area contributed by atoms with Gasteiger partial charge in [0.25, 0.3) is 0 Å². The molecule has 2 aromatic carbocycles. The standard InChI is InChI=1S/C14H10Br4/c1-8-2-4-12(16)10(6-8)14(18)11-7-9(15)3-5-13(11)17/h2-7,14H,1H3. The lowest BCUT2D eigenvalue weighted by molar-refractivity contribution is 1.14. The highest BCUT2D eigenvalue weighted by molar-refractivity contribution is 9.11. The fraction of sp³-hybridized carbons (Fsp3) is 0.143. The minimum absolute atomic E-state index is 0.152. The first-order chi connectivity index (χ1) is 8.49. The molecule has 0 aliphatic carbocycles. The van der Waals surface area contributed by atoms with E-state index in [1.165, 1.54) is 16.7 Å². The molecule has 18 heavy (non-hydrogen) atoms. The van der Waals surface area contributed by atoms with Crippen molar-refractivity contribution < 1.29 is 0 Å². The summed E-state index contributed by atoms with van der Waals surface area (Å²) in [5.74, 6) is 0. The predicted molar refractivity (Wildman–Crippen MR) is 91.5 cm³/mol. The SMILES string of the molecule is Cc1ccc(Br)c(C(Br)c2cc(Br)ccc2Br)c1. The van der Waals surface area contributed by atoms with Gasteiger partial charge in [0.05, 0.1) is 4.83 Å². The molecule has 0 aliphatic heterocycles. The van der Waals surface area contributed by atoms with Crippen molar-refractivity contribution in [2.75, 3.05) is 0 Å². The quantitative estimate of drug-likeness (QED) is 0.402. The van der Waals surface area contributed by atoms with Crippen LogP contribution in [-0.4, -0.2) is 0 Å². The summed E-state index contributed by atoms with van der Waals surface area (Å²) in [6.45, 7) is 2.10.